The molecule has 0 saturated heterocycles. The van der Waals surface area contributed by atoms with Crippen LogP contribution >= 0.6 is 0 Å². The third kappa shape index (κ3) is 5.46. The maximum Gasteiger partial charge on any atom is 0.336 e. The smallest absolute Gasteiger partial charge is 0.336 e. The fourth-order valence-electron chi connectivity index (χ4n) is 1.86. The minimum absolute atomic E-state index is 0.0535. The molecule has 0 bridgehead atoms. The van der Waals surface area contributed by atoms with Crippen LogP contribution < -0.4 is 19.5 Å². The van der Waals surface area contributed by atoms with Gasteiger partial charge < -0.3 is 4.74 Å². The molecule has 0 saturated carbocycles. The maximum absolute atomic E-state index is 12.1. The topological polar surface area (TPSA) is 178 Å². The van der Waals surface area contributed by atoms with E-state index in [1.54, 1.807) is 11.6 Å². The van der Waals surface area contributed by atoms with Crippen molar-refractivity contribution in [3.05, 3.63) is 39.7 Å². The van der Waals surface area contributed by atoms with E-state index < -0.39 is 21.2 Å². The largest absolute Gasteiger partial charge is 0.467 e. The van der Waals surface area contributed by atoms with Crippen LogP contribution in [0.5, 0.6) is 6.01 Å². The fourth-order valence-corrected chi connectivity index (χ4v) is 2.71. The second kappa shape index (κ2) is 7.77. The summed E-state index contributed by atoms with van der Waals surface area (Å²) in [6, 6.07) is 2.41. The first-order valence-electron chi connectivity index (χ1n) is 7.23. The summed E-state index contributed by atoms with van der Waals surface area (Å²) < 4.78 is 32.7. The zero-order valence-corrected chi connectivity index (χ0v) is 15.2. The van der Waals surface area contributed by atoms with Crippen molar-refractivity contribution in [2.75, 3.05) is 17.1 Å². The first-order valence-corrected chi connectivity index (χ1v) is 8.71. The highest BCUT2D eigenvalue weighted by atomic mass is 32.2. The predicted molar refractivity (Wildman–Crippen MR) is 93.6 cm³/mol. The number of aryl methyl sites for hydroxylation is 2. The summed E-state index contributed by atoms with van der Waals surface area (Å²) in [4.78, 5) is 33.4. The van der Waals surface area contributed by atoms with Crippen molar-refractivity contribution >= 4 is 33.6 Å². The molecular formula is C13H15N7O6S. The van der Waals surface area contributed by atoms with Crippen LogP contribution in [0.2, 0.25) is 0 Å². The molecule has 0 aliphatic heterocycles. The van der Waals surface area contributed by atoms with Crippen LogP contribution in [0.1, 0.15) is 11.4 Å². The number of nitro groups is 1. The summed E-state index contributed by atoms with van der Waals surface area (Å²) in [7, 11) is -3.07. The number of carbonyl (C=O) groups excluding carboxylic acids is 1. The van der Waals surface area contributed by atoms with Crippen LogP contribution in [0.15, 0.2) is 18.2 Å². The molecule has 14 heteroatoms. The van der Waals surface area contributed by atoms with E-state index in [1.807, 2.05) is 0 Å². The van der Waals surface area contributed by atoms with Crippen LogP contribution in [0, 0.1) is 24.0 Å². The molecule has 1 aromatic carbocycles. The molecule has 0 spiro atoms. The number of nitro benzene ring substituents is 1. The van der Waals surface area contributed by atoms with Crippen molar-refractivity contribution < 1.29 is 22.9 Å². The van der Waals surface area contributed by atoms with E-state index in [0.717, 1.165) is 6.07 Å². The van der Waals surface area contributed by atoms with E-state index in [-0.39, 0.29) is 29.2 Å². The lowest BCUT2D eigenvalue weighted by molar-refractivity contribution is -0.384. The monoisotopic (exact) mass is 397 g/mol. The molecule has 144 valence electrons. The molecule has 0 atom stereocenters. The summed E-state index contributed by atoms with van der Waals surface area (Å²) in [6.07, 6.45) is 0. The average Bonchev–Trinajstić information content (AvgIpc) is 2.55. The number of amides is 2. The molecule has 1 aromatic heterocycles. The molecule has 0 aliphatic carbocycles. The van der Waals surface area contributed by atoms with Gasteiger partial charge in [-0.15, -0.1) is 0 Å². The number of ether oxygens (including phenoxy) is 1. The average molecular weight is 397 g/mol. The number of non-ortho nitro benzene ring substituents is 1. The number of benzene rings is 1. The highest BCUT2D eigenvalue weighted by Crippen LogP contribution is 2.22. The number of carbonyl (C=O) groups is 1. The number of aromatic nitrogens is 3. The molecule has 13 nitrogen and oxygen atoms in total. The SMILES string of the molecule is COc1nc(C)nc(NC(=O)NS(=O)(=O)Nc2cc([N+](=O)[O-])ccc2C)n1. The number of nitrogens with zero attached hydrogens (tertiary/aromatic N) is 4. The molecule has 2 amide bonds. The van der Waals surface area contributed by atoms with Gasteiger partial charge in [-0.2, -0.15) is 23.4 Å². The van der Waals surface area contributed by atoms with Crippen molar-refractivity contribution in [1.82, 2.24) is 19.7 Å². The van der Waals surface area contributed by atoms with E-state index in [4.69, 9.17) is 4.74 Å². The number of hydrogen-bond acceptors (Lipinski definition) is 9. The Bertz CT molecular complexity index is 995. The second-order valence-corrected chi connectivity index (χ2v) is 6.53. The first kappa shape index (κ1) is 19.8. The van der Waals surface area contributed by atoms with Crippen molar-refractivity contribution in [3.8, 4) is 6.01 Å². The third-order valence-electron chi connectivity index (χ3n) is 3.04. The second-order valence-electron chi connectivity index (χ2n) is 5.11. The van der Waals surface area contributed by atoms with E-state index in [1.165, 1.54) is 26.2 Å². The fraction of sp³-hybridized carbons (Fsp3) is 0.231. The Kier molecular flexibility index (Phi) is 5.69. The molecule has 0 fully saturated rings. The first-order chi connectivity index (χ1) is 12.6. The lowest BCUT2D eigenvalue weighted by Gasteiger charge is -2.11. The van der Waals surface area contributed by atoms with Crippen LogP contribution in [0.25, 0.3) is 0 Å². The normalized spacial score (nSPS) is 10.8. The van der Waals surface area contributed by atoms with Gasteiger partial charge in [-0.1, -0.05) is 6.07 Å². The van der Waals surface area contributed by atoms with Gasteiger partial charge in [0, 0.05) is 12.1 Å². The molecule has 0 unspecified atom stereocenters. The van der Waals surface area contributed by atoms with Crippen molar-refractivity contribution in [2.45, 2.75) is 13.8 Å². The van der Waals surface area contributed by atoms with Gasteiger partial charge in [0.15, 0.2) is 0 Å². The Morgan fingerprint density at radius 1 is 1.22 bits per heavy atom. The van der Waals surface area contributed by atoms with E-state index in [2.05, 4.69) is 25.0 Å². The van der Waals surface area contributed by atoms with Gasteiger partial charge in [0.05, 0.1) is 17.7 Å². The third-order valence-corrected chi connectivity index (χ3v) is 3.98. The molecule has 1 heterocycles. The highest BCUT2D eigenvalue weighted by molar-refractivity contribution is 7.91. The van der Waals surface area contributed by atoms with Crippen molar-refractivity contribution in [3.63, 3.8) is 0 Å². The van der Waals surface area contributed by atoms with E-state index >= 15 is 0 Å². The minimum Gasteiger partial charge on any atom is -0.467 e. The number of rotatable bonds is 6. The quantitative estimate of drug-likeness (QED) is 0.471. The molecule has 0 radical (unpaired) electrons. The molecule has 27 heavy (non-hydrogen) atoms. The van der Waals surface area contributed by atoms with E-state index in [9.17, 15) is 23.3 Å². The molecule has 2 aromatic rings. The lowest BCUT2D eigenvalue weighted by Crippen LogP contribution is -2.38. The summed E-state index contributed by atoms with van der Waals surface area (Å²) in [5.41, 5.74) is 0.0573. The maximum atomic E-state index is 12.1. The predicted octanol–water partition coefficient (Wildman–Crippen LogP) is 0.884. The van der Waals surface area contributed by atoms with Crippen LogP contribution in [-0.4, -0.2) is 41.4 Å². The number of methoxy groups -OCH3 is 1. The number of nitrogens with one attached hydrogen (secondary N) is 3. The molecular weight excluding hydrogens is 382 g/mol. The van der Waals surface area contributed by atoms with Gasteiger partial charge in [0.2, 0.25) is 5.95 Å². The Labute approximate surface area is 153 Å². The van der Waals surface area contributed by atoms with Gasteiger partial charge in [-0.3, -0.25) is 20.2 Å². The van der Waals surface area contributed by atoms with Gasteiger partial charge in [0.1, 0.15) is 5.82 Å². The Balaban J connectivity index is 2.12. The minimum atomic E-state index is -4.38. The summed E-state index contributed by atoms with van der Waals surface area (Å²) >= 11 is 0. The van der Waals surface area contributed by atoms with Gasteiger partial charge in [-0.05, 0) is 19.4 Å². The van der Waals surface area contributed by atoms with Gasteiger partial charge >= 0.3 is 22.3 Å². The van der Waals surface area contributed by atoms with Crippen molar-refractivity contribution in [1.29, 1.82) is 0 Å². The number of hydrogen-bond donors (Lipinski definition) is 3. The summed E-state index contributed by atoms with van der Waals surface area (Å²) in [5.74, 6) is 0.0175. The van der Waals surface area contributed by atoms with Crippen molar-refractivity contribution in [2.24, 2.45) is 0 Å². The zero-order chi connectivity index (χ0) is 20.2. The van der Waals surface area contributed by atoms with Gasteiger partial charge in [0.25, 0.3) is 5.69 Å². The number of anilines is 2. The summed E-state index contributed by atoms with van der Waals surface area (Å²) in [5, 5.41) is 12.9. The Hall–Kier alpha value is -3.55. The van der Waals surface area contributed by atoms with Crippen LogP contribution in [0.4, 0.5) is 22.1 Å². The Morgan fingerprint density at radius 2 is 1.93 bits per heavy atom. The molecule has 2 rings (SSSR count). The lowest BCUT2D eigenvalue weighted by atomic mass is 10.2. The highest BCUT2D eigenvalue weighted by Gasteiger charge is 2.18. The van der Waals surface area contributed by atoms with Crippen LogP contribution in [0.3, 0.4) is 0 Å². The molecule has 3 N–H and O–H groups in total. The zero-order valence-electron chi connectivity index (χ0n) is 14.4. The number of urea groups is 1. The van der Waals surface area contributed by atoms with Crippen LogP contribution in [-0.2, 0) is 10.2 Å². The van der Waals surface area contributed by atoms with E-state index in [0.29, 0.717) is 5.56 Å². The molecule has 0 aliphatic rings. The summed E-state index contributed by atoms with van der Waals surface area (Å²) in [6.45, 7) is 3.07. The Morgan fingerprint density at radius 3 is 2.56 bits per heavy atom. The standard InChI is InChI=1S/C13H15N7O6S/c1-7-4-5-9(20(22)23)6-10(7)18-27(24,25)19-12(21)16-11-14-8(2)15-13(17-11)26-3/h4-6,18H,1-3H3,(H2,14,15,16,17,19,21). The van der Waals surface area contributed by atoms with Gasteiger partial charge in [-0.25, -0.2) is 9.52 Å².